The lowest BCUT2D eigenvalue weighted by Gasteiger charge is -2.19. The Labute approximate surface area is 93.0 Å². The van der Waals surface area contributed by atoms with Crippen LogP contribution in [-0.2, 0) is 0 Å². The molecule has 0 atom stereocenters. The van der Waals surface area contributed by atoms with Crippen molar-refractivity contribution in [3.05, 3.63) is 36.9 Å². The van der Waals surface area contributed by atoms with Crippen LogP contribution in [0.15, 0.2) is 36.9 Å². The molecule has 1 rings (SSSR count). The fraction of sp³-hybridized carbons (Fsp3) is 0.273. The molecule has 0 bridgehead atoms. The molecule has 1 aromatic carbocycles. The number of rotatable bonds is 6. The van der Waals surface area contributed by atoms with Gasteiger partial charge in [0.25, 0.3) is 0 Å². The molecule has 5 heteroatoms. The fourth-order valence-corrected chi connectivity index (χ4v) is 1.29. The second-order valence-corrected chi connectivity index (χ2v) is 3.39. The van der Waals surface area contributed by atoms with Gasteiger partial charge in [0.15, 0.2) is 0 Å². The van der Waals surface area contributed by atoms with Crippen molar-refractivity contribution in [3.8, 4) is 5.75 Å². The van der Waals surface area contributed by atoms with Crippen molar-refractivity contribution in [2.45, 2.75) is 12.8 Å². The van der Waals surface area contributed by atoms with Crippen LogP contribution in [0.4, 0.5) is 12.9 Å². The highest BCUT2D eigenvalue weighted by Gasteiger charge is 2.28. The van der Waals surface area contributed by atoms with Gasteiger partial charge >= 0.3 is 6.98 Å². The number of halogens is 3. The first-order chi connectivity index (χ1) is 7.55. The van der Waals surface area contributed by atoms with Crippen LogP contribution in [0.1, 0.15) is 12.8 Å². The summed E-state index contributed by atoms with van der Waals surface area (Å²) >= 11 is 0. The van der Waals surface area contributed by atoms with Crippen LogP contribution in [-0.4, -0.2) is 13.6 Å². The van der Waals surface area contributed by atoms with Gasteiger partial charge in [0.1, 0.15) is 0 Å². The molecule has 0 aliphatic carbocycles. The van der Waals surface area contributed by atoms with Crippen LogP contribution < -0.4 is 10.2 Å². The molecule has 0 aliphatic rings. The van der Waals surface area contributed by atoms with E-state index in [1.54, 1.807) is 6.08 Å². The number of hydrogen-bond acceptors (Lipinski definition) is 1. The minimum absolute atomic E-state index is 0.0842. The molecule has 0 fully saturated rings. The molecule has 0 heterocycles. The molecule has 1 aromatic rings. The monoisotopic (exact) mass is 229 g/mol. The summed E-state index contributed by atoms with van der Waals surface area (Å²) in [6, 6.07) is 5.29. The predicted molar refractivity (Wildman–Crippen MR) is 60.1 cm³/mol. The zero-order valence-electron chi connectivity index (χ0n) is 8.83. The van der Waals surface area contributed by atoms with Crippen molar-refractivity contribution in [2.24, 2.45) is 0 Å². The SMILES string of the molecule is C=CCCCOc1ccccc1[B-](F)(F)F. The maximum atomic E-state index is 12.6. The molecule has 0 aromatic heterocycles. The van der Waals surface area contributed by atoms with Crippen LogP contribution in [0, 0.1) is 0 Å². The lowest BCUT2D eigenvalue weighted by atomic mass is 9.79. The highest BCUT2D eigenvalue weighted by Crippen LogP contribution is 2.17. The molecule has 0 N–H and O–H groups in total. The largest absolute Gasteiger partial charge is 0.513 e. The topological polar surface area (TPSA) is 9.23 Å². The summed E-state index contributed by atoms with van der Waals surface area (Å²) in [5.74, 6) is -0.0842. The zero-order chi connectivity index (χ0) is 12.0. The Morgan fingerprint density at radius 1 is 1.25 bits per heavy atom. The van der Waals surface area contributed by atoms with Crippen molar-refractivity contribution in [3.63, 3.8) is 0 Å². The van der Waals surface area contributed by atoms with Crippen molar-refractivity contribution in [1.82, 2.24) is 0 Å². The molecule has 0 aliphatic heterocycles. The summed E-state index contributed by atoms with van der Waals surface area (Å²) in [6.07, 6.45) is 3.12. The van der Waals surface area contributed by atoms with Gasteiger partial charge in [-0.3, -0.25) is 0 Å². The highest BCUT2D eigenvalue weighted by atomic mass is 19.4. The summed E-state index contributed by atoms with van der Waals surface area (Å²) in [5, 5.41) is 0. The van der Waals surface area contributed by atoms with Crippen molar-refractivity contribution < 1.29 is 17.7 Å². The van der Waals surface area contributed by atoms with Gasteiger partial charge in [-0.2, -0.15) is 0 Å². The maximum absolute atomic E-state index is 12.6. The smallest absolute Gasteiger partial charge is 0.497 e. The third-order valence-corrected chi connectivity index (χ3v) is 2.08. The van der Waals surface area contributed by atoms with Gasteiger partial charge in [0.2, 0.25) is 0 Å². The summed E-state index contributed by atoms with van der Waals surface area (Å²) in [6.45, 7) is -1.20. The van der Waals surface area contributed by atoms with Gasteiger partial charge in [-0.15, -0.1) is 6.58 Å². The summed E-state index contributed by atoms with van der Waals surface area (Å²) in [4.78, 5) is 0. The minimum atomic E-state index is -5.01. The molecule has 0 saturated carbocycles. The summed E-state index contributed by atoms with van der Waals surface area (Å²) in [5.41, 5.74) is -0.666. The molecule has 16 heavy (non-hydrogen) atoms. The fourth-order valence-electron chi connectivity index (χ4n) is 1.29. The summed E-state index contributed by atoms with van der Waals surface area (Å²) in [7, 11) is 0. The second-order valence-electron chi connectivity index (χ2n) is 3.39. The van der Waals surface area contributed by atoms with Crippen LogP contribution in [0.3, 0.4) is 0 Å². The number of hydrogen-bond donors (Lipinski definition) is 0. The molecule has 88 valence electrons. The van der Waals surface area contributed by atoms with E-state index in [1.807, 2.05) is 0 Å². The van der Waals surface area contributed by atoms with E-state index in [0.29, 0.717) is 6.42 Å². The van der Waals surface area contributed by atoms with E-state index in [4.69, 9.17) is 4.74 Å². The van der Waals surface area contributed by atoms with E-state index in [-0.39, 0.29) is 12.4 Å². The summed E-state index contributed by atoms with van der Waals surface area (Å²) < 4.78 is 42.9. The molecular formula is C11H13BF3O-. The van der Waals surface area contributed by atoms with Crippen molar-refractivity contribution in [2.75, 3.05) is 6.61 Å². The van der Waals surface area contributed by atoms with Gasteiger partial charge in [-0.25, -0.2) is 0 Å². The molecule has 0 amide bonds. The van der Waals surface area contributed by atoms with Crippen LogP contribution in [0.25, 0.3) is 0 Å². The standard InChI is InChI=1S/C11H13BF3O/c1-2-3-6-9-16-11-8-5-4-7-10(11)12(13,14)15/h2,4-5,7-8H,1,3,6,9H2/q-1. The van der Waals surface area contributed by atoms with Gasteiger partial charge in [0.05, 0.1) is 12.4 Å². The Kier molecular flexibility index (Phi) is 4.46. The van der Waals surface area contributed by atoms with E-state index >= 15 is 0 Å². The number of unbranched alkanes of at least 4 members (excludes halogenated alkanes) is 1. The Balaban J connectivity index is 2.68. The third kappa shape index (κ3) is 3.64. The lowest BCUT2D eigenvalue weighted by Crippen LogP contribution is -2.35. The van der Waals surface area contributed by atoms with E-state index in [9.17, 15) is 12.9 Å². The Morgan fingerprint density at radius 2 is 1.94 bits per heavy atom. The highest BCUT2D eigenvalue weighted by molar-refractivity contribution is 6.74. The van der Waals surface area contributed by atoms with Gasteiger partial charge in [-0.1, -0.05) is 29.7 Å². The zero-order valence-corrected chi connectivity index (χ0v) is 8.83. The van der Waals surface area contributed by atoms with Crippen LogP contribution in [0.2, 0.25) is 0 Å². The van der Waals surface area contributed by atoms with E-state index in [0.717, 1.165) is 12.5 Å². The minimum Gasteiger partial charge on any atom is -0.497 e. The second kappa shape index (κ2) is 5.63. The quantitative estimate of drug-likeness (QED) is 0.413. The normalized spacial score (nSPS) is 11.2. The molecule has 0 saturated heterocycles. The van der Waals surface area contributed by atoms with E-state index in [1.165, 1.54) is 18.2 Å². The lowest BCUT2D eigenvalue weighted by molar-refractivity contribution is 0.313. The number of allylic oxidation sites excluding steroid dienone is 1. The maximum Gasteiger partial charge on any atom is 0.513 e. The molecule has 0 spiro atoms. The van der Waals surface area contributed by atoms with Crippen LogP contribution in [0.5, 0.6) is 5.75 Å². The Morgan fingerprint density at radius 3 is 2.56 bits per heavy atom. The number of benzene rings is 1. The van der Waals surface area contributed by atoms with Gasteiger partial charge in [0, 0.05) is 0 Å². The Hall–Kier alpha value is -1.39. The average Bonchev–Trinajstić information content (AvgIpc) is 2.24. The van der Waals surface area contributed by atoms with Gasteiger partial charge in [-0.05, 0) is 18.9 Å². The number of ether oxygens (including phenoxy) is 1. The van der Waals surface area contributed by atoms with Crippen molar-refractivity contribution in [1.29, 1.82) is 0 Å². The molecule has 1 nitrogen and oxygen atoms in total. The average molecular weight is 229 g/mol. The first-order valence-corrected chi connectivity index (χ1v) is 5.08. The number of para-hydroxylation sites is 1. The van der Waals surface area contributed by atoms with Crippen molar-refractivity contribution >= 4 is 12.4 Å². The predicted octanol–water partition coefficient (Wildman–Crippen LogP) is 3.09. The first-order valence-electron chi connectivity index (χ1n) is 5.08. The van der Waals surface area contributed by atoms with E-state index < -0.39 is 12.4 Å². The van der Waals surface area contributed by atoms with E-state index in [2.05, 4.69) is 6.58 Å². The molecular weight excluding hydrogens is 216 g/mol. The third-order valence-electron chi connectivity index (χ3n) is 2.08. The van der Waals surface area contributed by atoms with Gasteiger partial charge < -0.3 is 17.7 Å². The molecule has 0 unspecified atom stereocenters. The Bertz CT molecular complexity index is 349. The first kappa shape index (κ1) is 12.7. The molecule has 0 radical (unpaired) electrons. The van der Waals surface area contributed by atoms with Crippen LogP contribution >= 0.6 is 0 Å².